The number of carbonyl (C=O) groups is 1. The Kier molecular flexibility index (Phi) is 3.21. The Hall–Kier alpha value is -1.27. The van der Waals surface area contributed by atoms with Gasteiger partial charge in [0.15, 0.2) is 5.82 Å². The van der Waals surface area contributed by atoms with E-state index in [0.717, 1.165) is 0 Å². The van der Waals surface area contributed by atoms with E-state index in [1.807, 2.05) is 0 Å². The third kappa shape index (κ3) is 2.05. The summed E-state index contributed by atoms with van der Waals surface area (Å²) in [5.41, 5.74) is 4.03. The van der Waals surface area contributed by atoms with Crippen LogP contribution >= 0.6 is 11.6 Å². The van der Waals surface area contributed by atoms with Gasteiger partial charge in [0.25, 0.3) is 0 Å². The van der Waals surface area contributed by atoms with Gasteiger partial charge in [-0.05, 0) is 0 Å². The molecule has 3 nitrogen and oxygen atoms in total. The third-order valence-electron chi connectivity index (χ3n) is 1.73. The zero-order chi connectivity index (χ0) is 11.7. The van der Waals surface area contributed by atoms with Gasteiger partial charge < -0.3 is 10.8 Å². The highest BCUT2D eigenvalue weighted by molar-refractivity contribution is 6.31. The first-order chi connectivity index (χ1) is 6.86. The molecule has 0 bridgehead atoms. The van der Waals surface area contributed by atoms with Crippen LogP contribution in [0.2, 0.25) is 5.02 Å². The van der Waals surface area contributed by atoms with E-state index in [-0.39, 0.29) is 6.07 Å². The number of hydrogen-bond acceptors (Lipinski definition) is 2. The Balaban J connectivity index is 3.42. The van der Waals surface area contributed by atoms with E-state index in [1.54, 1.807) is 0 Å². The number of hydrogen-bond donors (Lipinski definition) is 2. The van der Waals surface area contributed by atoms with E-state index in [1.165, 1.54) is 0 Å². The molecule has 1 rings (SSSR count). The Labute approximate surface area is 87.3 Å². The van der Waals surface area contributed by atoms with Crippen LogP contribution in [0.1, 0.15) is 11.6 Å². The topological polar surface area (TPSA) is 63.3 Å². The summed E-state index contributed by atoms with van der Waals surface area (Å²) in [6, 6.07) is -1.65. The van der Waals surface area contributed by atoms with Crippen LogP contribution in [0, 0.1) is 17.5 Å². The van der Waals surface area contributed by atoms with E-state index < -0.39 is 40.0 Å². The number of halogens is 4. The van der Waals surface area contributed by atoms with Crippen LogP contribution < -0.4 is 5.73 Å². The fourth-order valence-electron chi connectivity index (χ4n) is 0.989. The molecule has 0 heterocycles. The van der Waals surface area contributed by atoms with Crippen molar-refractivity contribution in [3.8, 4) is 0 Å². The lowest BCUT2D eigenvalue weighted by Gasteiger charge is -2.10. The minimum atomic E-state index is -1.93. The van der Waals surface area contributed by atoms with Crippen LogP contribution in [0.4, 0.5) is 13.2 Å². The zero-order valence-electron chi connectivity index (χ0n) is 7.10. The lowest BCUT2D eigenvalue weighted by molar-refractivity contribution is -0.138. The molecule has 1 aromatic carbocycles. The maximum Gasteiger partial charge on any atom is 0.325 e. The van der Waals surface area contributed by atoms with Crippen molar-refractivity contribution < 1.29 is 23.1 Å². The first kappa shape index (κ1) is 11.8. The second-order valence-electron chi connectivity index (χ2n) is 2.70. The van der Waals surface area contributed by atoms with Gasteiger partial charge in [0.1, 0.15) is 22.7 Å². The van der Waals surface area contributed by atoms with Crippen LogP contribution in [0.15, 0.2) is 6.07 Å². The molecule has 0 spiro atoms. The van der Waals surface area contributed by atoms with Gasteiger partial charge in [0, 0.05) is 6.07 Å². The first-order valence-electron chi connectivity index (χ1n) is 3.67. The number of aliphatic carboxylic acids is 1. The van der Waals surface area contributed by atoms with Crippen molar-refractivity contribution in [1.29, 1.82) is 0 Å². The van der Waals surface area contributed by atoms with E-state index in [9.17, 15) is 18.0 Å². The van der Waals surface area contributed by atoms with Gasteiger partial charge in [0.2, 0.25) is 0 Å². The van der Waals surface area contributed by atoms with E-state index in [4.69, 9.17) is 22.4 Å². The molecular weight excluding hydrogens is 235 g/mol. The first-order valence-corrected chi connectivity index (χ1v) is 4.05. The molecular formula is C8H5ClF3NO2. The van der Waals surface area contributed by atoms with Gasteiger partial charge in [-0.15, -0.1) is 0 Å². The molecule has 0 saturated heterocycles. The maximum absolute atomic E-state index is 13.2. The average molecular weight is 240 g/mol. The summed E-state index contributed by atoms with van der Waals surface area (Å²) >= 11 is 5.14. The van der Waals surface area contributed by atoms with Gasteiger partial charge in [-0.25, -0.2) is 13.2 Å². The Morgan fingerprint density at radius 1 is 1.40 bits per heavy atom. The van der Waals surface area contributed by atoms with Gasteiger partial charge in [0.05, 0.1) is 5.56 Å². The lowest BCUT2D eigenvalue weighted by atomic mass is 10.1. The summed E-state index contributed by atoms with van der Waals surface area (Å²) in [5.74, 6) is -5.84. The van der Waals surface area contributed by atoms with Crippen molar-refractivity contribution in [2.24, 2.45) is 5.73 Å². The van der Waals surface area contributed by atoms with Crippen LogP contribution in [-0.4, -0.2) is 11.1 Å². The number of carboxylic acids is 1. The molecule has 0 fully saturated rings. The highest BCUT2D eigenvalue weighted by Crippen LogP contribution is 2.28. The molecule has 3 N–H and O–H groups in total. The van der Waals surface area contributed by atoms with E-state index in [0.29, 0.717) is 0 Å². The smallest absolute Gasteiger partial charge is 0.325 e. The lowest BCUT2D eigenvalue weighted by Crippen LogP contribution is -2.23. The molecule has 0 aliphatic carbocycles. The quantitative estimate of drug-likeness (QED) is 0.611. The van der Waals surface area contributed by atoms with Crippen molar-refractivity contribution in [1.82, 2.24) is 0 Å². The summed E-state index contributed by atoms with van der Waals surface area (Å²) in [6.07, 6.45) is 0. The van der Waals surface area contributed by atoms with Crippen LogP contribution in [-0.2, 0) is 4.79 Å². The molecule has 0 aromatic heterocycles. The minimum Gasteiger partial charge on any atom is -0.480 e. The van der Waals surface area contributed by atoms with Gasteiger partial charge >= 0.3 is 5.97 Å². The Morgan fingerprint density at radius 3 is 2.40 bits per heavy atom. The summed E-state index contributed by atoms with van der Waals surface area (Å²) < 4.78 is 38.9. The largest absolute Gasteiger partial charge is 0.480 e. The molecule has 82 valence electrons. The Morgan fingerprint density at radius 2 is 1.93 bits per heavy atom. The maximum atomic E-state index is 13.2. The zero-order valence-corrected chi connectivity index (χ0v) is 7.86. The second-order valence-corrected chi connectivity index (χ2v) is 3.08. The monoisotopic (exact) mass is 239 g/mol. The van der Waals surface area contributed by atoms with Crippen molar-refractivity contribution >= 4 is 17.6 Å². The molecule has 0 aliphatic rings. The number of nitrogens with two attached hydrogens (primary N) is 1. The van der Waals surface area contributed by atoms with E-state index >= 15 is 0 Å². The molecule has 15 heavy (non-hydrogen) atoms. The highest BCUT2D eigenvalue weighted by Gasteiger charge is 2.26. The summed E-state index contributed by atoms with van der Waals surface area (Å²) in [5, 5.41) is 7.47. The molecule has 0 amide bonds. The Bertz CT molecular complexity index is 425. The minimum absolute atomic E-state index is 0.281. The average Bonchev–Trinajstić information content (AvgIpc) is 2.14. The summed E-state index contributed by atoms with van der Waals surface area (Å²) in [7, 11) is 0. The van der Waals surface area contributed by atoms with Crippen LogP contribution in [0.3, 0.4) is 0 Å². The molecule has 1 aromatic rings. The van der Waals surface area contributed by atoms with Crippen molar-refractivity contribution in [3.63, 3.8) is 0 Å². The standard InChI is InChI=1S/C8H5ClF3NO2/c9-5-3(11)1-2(10)4(6(5)12)7(13)8(14)15/h1,7H,13H2,(H,14,15). The SMILES string of the molecule is NC(C(=O)O)c1c(F)cc(F)c(Cl)c1F. The third-order valence-corrected chi connectivity index (χ3v) is 2.07. The normalized spacial score (nSPS) is 12.6. The van der Waals surface area contributed by atoms with Crippen molar-refractivity contribution in [2.75, 3.05) is 0 Å². The fraction of sp³-hybridized carbons (Fsp3) is 0.125. The van der Waals surface area contributed by atoms with Crippen molar-refractivity contribution in [3.05, 3.63) is 34.1 Å². The molecule has 1 atom stereocenters. The molecule has 0 aliphatic heterocycles. The van der Waals surface area contributed by atoms with Crippen LogP contribution in [0.25, 0.3) is 0 Å². The summed E-state index contributed by atoms with van der Waals surface area (Å²) in [4.78, 5) is 10.4. The molecule has 0 saturated carbocycles. The predicted molar refractivity (Wildman–Crippen MR) is 45.9 cm³/mol. The van der Waals surface area contributed by atoms with Gasteiger partial charge in [-0.1, -0.05) is 11.6 Å². The molecule has 0 radical (unpaired) electrons. The van der Waals surface area contributed by atoms with Gasteiger partial charge in [-0.3, -0.25) is 4.79 Å². The van der Waals surface area contributed by atoms with Gasteiger partial charge in [-0.2, -0.15) is 0 Å². The number of rotatable bonds is 2. The van der Waals surface area contributed by atoms with Crippen molar-refractivity contribution in [2.45, 2.75) is 6.04 Å². The molecule has 7 heteroatoms. The predicted octanol–water partition coefficient (Wildman–Crippen LogP) is 1.84. The van der Waals surface area contributed by atoms with E-state index in [2.05, 4.69) is 0 Å². The summed E-state index contributed by atoms with van der Waals surface area (Å²) in [6.45, 7) is 0. The number of benzene rings is 1. The second kappa shape index (κ2) is 4.08. The number of carboxylic acid groups (broad SMARTS) is 1. The highest BCUT2D eigenvalue weighted by atomic mass is 35.5. The fourth-order valence-corrected chi connectivity index (χ4v) is 1.15. The molecule has 1 unspecified atom stereocenters. The van der Waals surface area contributed by atoms with Crippen LogP contribution in [0.5, 0.6) is 0 Å².